The van der Waals surface area contributed by atoms with E-state index in [0.29, 0.717) is 23.7 Å². The Morgan fingerprint density at radius 3 is 3.05 bits per heavy atom. The molecule has 3 aromatic heterocycles. The van der Waals surface area contributed by atoms with Crippen molar-refractivity contribution in [2.24, 2.45) is 0 Å². The smallest absolute Gasteiger partial charge is 0.258 e. The molecule has 0 saturated heterocycles. The van der Waals surface area contributed by atoms with Gasteiger partial charge in [0.15, 0.2) is 0 Å². The number of rotatable bonds is 3. The van der Waals surface area contributed by atoms with Crippen LogP contribution in [0.25, 0.3) is 17.2 Å². The van der Waals surface area contributed by atoms with Crippen LogP contribution in [0.1, 0.15) is 13.3 Å². The zero-order valence-corrected chi connectivity index (χ0v) is 10.4. The average Bonchev–Trinajstić information content (AvgIpc) is 2.88. The predicted octanol–water partition coefficient (Wildman–Crippen LogP) is 0.758. The van der Waals surface area contributed by atoms with Gasteiger partial charge >= 0.3 is 0 Å². The summed E-state index contributed by atoms with van der Waals surface area (Å²) in [6.45, 7) is 2.73. The fraction of sp³-hybridized carbons (Fsp3) is 0.250. The zero-order valence-electron chi connectivity index (χ0n) is 10.4. The van der Waals surface area contributed by atoms with Crippen LogP contribution in [-0.2, 0) is 6.54 Å². The molecule has 96 valence electrons. The zero-order chi connectivity index (χ0) is 13.2. The maximum absolute atomic E-state index is 11.9. The Morgan fingerprint density at radius 1 is 1.32 bits per heavy atom. The standard InChI is InChI=1S/C12H12N6O/c1-2-6-18-15-12(14-16-18)9-8-11(19)17-7-4-3-5-10(17)13-9/h3-5,7-8H,2,6H2,1H3. The molecular formula is C12H12N6O. The number of hydrogen-bond donors (Lipinski definition) is 0. The van der Waals surface area contributed by atoms with Gasteiger partial charge in [0.1, 0.15) is 11.3 Å². The molecule has 19 heavy (non-hydrogen) atoms. The summed E-state index contributed by atoms with van der Waals surface area (Å²) in [5.41, 5.74) is 0.850. The van der Waals surface area contributed by atoms with Gasteiger partial charge < -0.3 is 0 Å². The molecule has 3 aromatic rings. The van der Waals surface area contributed by atoms with E-state index in [9.17, 15) is 4.79 Å². The molecule has 3 rings (SSSR count). The van der Waals surface area contributed by atoms with E-state index in [0.717, 1.165) is 6.42 Å². The van der Waals surface area contributed by atoms with E-state index < -0.39 is 0 Å². The molecule has 0 spiro atoms. The van der Waals surface area contributed by atoms with Gasteiger partial charge in [-0.3, -0.25) is 9.20 Å². The second-order valence-corrected chi connectivity index (χ2v) is 4.12. The fourth-order valence-electron chi connectivity index (χ4n) is 1.81. The Bertz CT molecular complexity index is 775. The molecule has 7 nitrogen and oxygen atoms in total. The Morgan fingerprint density at radius 2 is 2.21 bits per heavy atom. The highest BCUT2D eigenvalue weighted by Gasteiger charge is 2.09. The van der Waals surface area contributed by atoms with Gasteiger partial charge in [0.2, 0.25) is 5.82 Å². The monoisotopic (exact) mass is 256 g/mol. The summed E-state index contributed by atoms with van der Waals surface area (Å²) in [5, 5.41) is 12.0. The summed E-state index contributed by atoms with van der Waals surface area (Å²) in [4.78, 5) is 17.8. The summed E-state index contributed by atoms with van der Waals surface area (Å²) < 4.78 is 1.47. The average molecular weight is 256 g/mol. The molecule has 0 N–H and O–H groups in total. The minimum atomic E-state index is -0.160. The lowest BCUT2D eigenvalue weighted by atomic mass is 10.3. The lowest BCUT2D eigenvalue weighted by Crippen LogP contribution is -2.14. The SMILES string of the molecule is CCCn1nnc(-c2cc(=O)n3ccccc3n2)n1. The predicted molar refractivity (Wildman–Crippen MR) is 68.6 cm³/mol. The summed E-state index contributed by atoms with van der Waals surface area (Å²) >= 11 is 0. The van der Waals surface area contributed by atoms with E-state index in [2.05, 4.69) is 20.4 Å². The van der Waals surface area contributed by atoms with Crippen LogP contribution >= 0.6 is 0 Å². The second kappa shape index (κ2) is 4.60. The molecular weight excluding hydrogens is 244 g/mol. The Kier molecular flexibility index (Phi) is 2.79. The number of pyridine rings is 1. The first-order valence-corrected chi connectivity index (χ1v) is 6.04. The van der Waals surface area contributed by atoms with Gasteiger partial charge in [-0.2, -0.15) is 4.80 Å². The lowest BCUT2D eigenvalue weighted by Gasteiger charge is -2.00. The normalized spacial score (nSPS) is 11.0. The molecule has 0 aliphatic carbocycles. The van der Waals surface area contributed by atoms with Crippen LogP contribution in [0, 0.1) is 0 Å². The highest BCUT2D eigenvalue weighted by Crippen LogP contribution is 2.09. The molecule has 0 fully saturated rings. The van der Waals surface area contributed by atoms with Crippen LogP contribution in [0.4, 0.5) is 0 Å². The molecule has 0 unspecified atom stereocenters. The molecule has 0 bridgehead atoms. The maximum atomic E-state index is 11.9. The largest absolute Gasteiger partial charge is 0.269 e. The first-order valence-electron chi connectivity index (χ1n) is 6.04. The molecule has 0 aromatic carbocycles. The second-order valence-electron chi connectivity index (χ2n) is 4.12. The van der Waals surface area contributed by atoms with Crippen molar-refractivity contribution in [2.75, 3.05) is 0 Å². The van der Waals surface area contributed by atoms with Crippen molar-refractivity contribution < 1.29 is 0 Å². The van der Waals surface area contributed by atoms with Crippen LogP contribution in [-0.4, -0.2) is 29.6 Å². The lowest BCUT2D eigenvalue weighted by molar-refractivity contribution is 0.515. The first kappa shape index (κ1) is 11.5. The van der Waals surface area contributed by atoms with E-state index in [1.807, 2.05) is 13.0 Å². The minimum absolute atomic E-state index is 0.160. The van der Waals surface area contributed by atoms with Crippen molar-refractivity contribution in [1.29, 1.82) is 0 Å². The third-order valence-corrected chi connectivity index (χ3v) is 2.68. The van der Waals surface area contributed by atoms with Crippen molar-refractivity contribution in [3.05, 3.63) is 40.8 Å². The van der Waals surface area contributed by atoms with Crippen molar-refractivity contribution >= 4 is 5.65 Å². The van der Waals surface area contributed by atoms with E-state index in [4.69, 9.17) is 0 Å². The number of hydrogen-bond acceptors (Lipinski definition) is 5. The van der Waals surface area contributed by atoms with Gasteiger partial charge in [-0.05, 0) is 23.8 Å². The van der Waals surface area contributed by atoms with E-state index in [1.54, 1.807) is 18.3 Å². The number of tetrazole rings is 1. The molecule has 0 amide bonds. The first-order chi connectivity index (χ1) is 9.28. The summed E-state index contributed by atoms with van der Waals surface area (Å²) in [6, 6.07) is 6.79. The Labute approximate surface area is 108 Å². The van der Waals surface area contributed by atoms with Crippen LogP contribution in [0.3, 0.4) is 0 Å². The van der Waals surface area contributed by atoms with Crippen molar-refractivity contribution in [3.8, 4) is 11.5 Å². The van der Waals surface area contributed by atoms with Crippen LogP contribution < -0.4 is 5.56 Å². The quantitative estimate of drug-likeness (QED) is 0.691. The molecule has 0 saturated carbocycles. The Balaban J connectivity index is 2.11. The van der Waals surface area contributed by atoms with Crippen molar-refractivity contribution in [3.63, 3.8) is 0 Å². The summed E-state index contributed by atoms with van der Waals surface area (Å²) in [6.07, 6.45) is 2.60. The number of fused-ring (bicyclic) bond motifs is 1. The molecule has 0 aliphatic heterocycles. The van der Waals surface area contributed by atoms with E-state index in [1.165, 1.54) is 15.3 Å². The number of nitrogens with zero attached hydrogens (tertiary/aromatic N) is 6. The van der Waals surface area contributed by atoms with Crippen molar-refractivity contribution in [1.82, 2.24) is 29.6 Å². The summed E-state index contributed by atoms with van der Waals surface area (Å²) in [7, 11) is 0. The third kappa shape index (κ3) is 2.10. The summed E-state index contributed by atoms with van der Waals surface area (Å²) in [5.74, 6) is 0.372. The molecule has 3 heterocycles. The van der Waals surface area contributed by atoms with Gasteiger partial charge in [-0.1, -0.05) is 13.0 Å². The molecule has 0 aliphatic rings. The Hall–Kier alpha value is -2.57. The molecule has 0 radical (unpaired) electrons. The van der Waals surface area contributed by atoms with Gasteiger partial charge in [-0.25, -0.2) is 4.98 Å². The number of aryl methyl sites for hydroxylation is 1. The molecule has 0 atom stereocenters. The van der Waals surface area contributed by atoms with E-state index >= 15 is 0 Å². The fourth-order valence-corrected chi connectivity index (χ4v) is 1.81. The van der Waals surface area contributed by atoms with Gasteiger partial charge in [-0.15, -0.1) is 10.2 Å². The minimum Gasteiger partial charge on any atom is -0.269 e. The highest BCUT2D eigenvalue weighted by atomic mass is 16.1. The molecule has 7 heteroatoms. The van der Waals surface area contributed by atoms with Gasteiger partial charge in [0.05, 0.1) is 6.54 Å². The van der Waals surface area contributed by atoms with Crippen molar-refractivity contribution in [2.45, 2.75) is 19.9 Å². The third-order valence-electron chi connectivity index (χ3n) is 2.68. The van der Waals surface area contributed by atoms with Crippen LogP contribution in [0.2, 0.25) is 0 Å². The van der Waals surface area contributed by atoms with E-state index in [-0.39, 0.29) is 5.56 Å². The maximum Gasteiger partial charge on any atom is 0.258 e. The highest BCUT2D eigenvalue weighted by molar-refractivity contribution is 5.52. The number of aromatic nitrogens is 6. The topological polar surface area (TPSA) is 78.0 Å². The van der Waals surface area contributed by atoms with Gasteiger partial charge in [0, 0.05) is 12.3 Å². The van der Waals surface area contributed by atoms with Crippen LogP contribution in [0.5, 0.6) is 0 Å². The van der Waals surface area contributed by atoms with Crippen LogP contribution in [0.15, 0.2) is 35.3 Å². The van der Waals surface area contributed by atoms with Gasteiger partial charge in [0.25, 0.3) is 5.56 Å².